The zero-order valence-corrected chi connectivity index (χ0v) is 15.2. The number of methoxy groups -OCH3 is 1. The van der Waals surface area contributed by atoms with Gasteiger partial charge in [-0.25, -0.2) is 9.97 Å². The normalized spacial score (nSPS) is 11.5. The summed E-state index contributed by atoms with van der Waals surface area (Å²) in [6, 6.07) is 8.83. The van der Waals surface area contributed by atoms with E-state index >= 15 is 0 Å². The van der Waals surface area contributed by atoms with E-state index in [0.717, 1.165) is 27.6 Å². The molecule has 1 aromatic carbocycles. The average Bonchev–Trinajstić information content (AvgIpc) is 3.00. The number of thioether (sulfide) groups is 1. The number of hydrogen-bond acceptors (Lipinski definition) is 5. The van der Waals surface area contributed by atoms with E-state index < -0.39 is 0 Å². The summed E-state index contributed by atoms with van der Waals surface area (Å²) in [6.07, 6.45) is 1.65. The molecule has 0 unspecified atom stereocenters. The Labute approximate surface area is 145 Å². The first-order valence-corrected chi connectivity index (χ1v) is 9.51. The van der Waals surface area contributed by atoms with E-state index in [9.17, 15) is 0 Å². The Bertz CT molecular complexity index is 781. The van der Waals surface area contributed by atoms with Crippen molar-refractivity contribution in [2.45, 2.75) is 24.8 Å². The van der Waals surface area contributed by atoms with Crippen LogP contribution in [0.3, 0.4) is 0 Å². The molecule has 0 aliphatic heterocycles. The largest absolute Gasteiger partial charge is 0.384 e. The minimum absolute atomic E-state index is 0.548. The molecule has 0 aliphatic rings. The van der Waals surface area contributed by atoms with Crippen LogP contribution in [0.1, 0.15) is 25.3 Å². The second-order valence-electron chi connectivity index (χ2n) is 5.63. The molecule has 0 radical (unpaired) electrons. The van der Waals surface area contributed by atoms with E-state index in [0.29, 0.717) is 5.92 Å². The minimum atomic E-state index is 0.548. The Morgan fingerprint density at radius 3 is 2.65 bits per heavy atom. The Kier molecular flexibility index (Phi) is 5.30. The molecule has 3 aromatic rings. The van der Waals surface area contributed by atoms with Crippen molar-refractivity contribution >= 4 is 33.3 Å². The summed E-state index contributed by atoms with van der Waals surface area (Å²) in [6.45, 7) is 5.15. The Balaban J connectivity index is 2.00. The first-order chi connectivity index (χ1) is 11.2. The summed E-state index contributed by atoms with van der Waals surface area (Å²) in [5.74, 6) is 1.44. The van der Waals surface area contributed by atoms with Gasteiger partial charge in [0, 0.05) is 23.8 Å². The summed E-state index contributed by atoms with van der Waals surface area (Å²) < 4.78 is 5.15. The number of benzene rings is 1. The van der Waals surface area contributed by atoms with Crippen LogP contribution in [0.15, 0.2) is 41.0 Å². The van der Waals surface area contributed by atoms with Crippen LogP contribution in [0.25, 0.3) is 21.3 Å². The van der Waals surface area contributed by atoms with Gasteiger partial charge < -0.3 is 4.74 Å². The van der Waals surface area contributed by atoms with Gasteiger partial charge in [-0.2, -0.15) is 0 Å². The monoisotopic (exact) mass is 344 g/mol. The molecule has 0 bridgehead atoms. The molecule has 0 saturated heterocycles. The maximum absolute atomic E-state index is 5.15. The van der Waals surface area contributed by atoms with Crippen molar-refractivity contribution in [3.8, 4) is 11.1 Å². The predicted octanol–water partition coefficient (Wildman–Crippen LogP) is 5.22. The lowest BCUT2D eigenvalue weighted by Crippen LogP contribution is -1.93. The molecule has 0 aliphatic carbocycles. The van der Waals surface area contributed by atoms with E-state index in [4.69, 9.17) is 4.74 Å². The van der Waals surface area contributed by atoms with Crippen LogP contribution in [0, 0.1) is 0 Å². The molecule has 23 heavy (non-hydrogen) atoms. The van der Waals surface area contributed by atoms with Gasteiger partial charge in [0.1, 0.15) is 16.2 Å². The van der Waals surface area contributed by atoms with Crippen LogP contribution in [0.5, 0.6) is 0 Å². The molecule has 2 aromatic heterocycles. The van der Waals surface area contributed by atoms with Crippen molar-refractivity contribution in [2.24, 2.45) is 0 Å². The predicted molar refractivity (Wildman–Crippen MR) is 99.5 cm³/mol. The van der Waals surface area contributed by atoms with Crippen molar-refractivity contribution in [3.05, 3.63) is 41.5 Å². The quantitative estimate of drug-likeness (QED) is 0.349. The molecule has 3 nitrogen and oxygen atoms in total. The number of thiophene rings is 1. The topological polar surface area (TPSA) is 35.0 Å². The van der Waals surface area contributed by atoms with Crippen LogP contribution in [-0.2, 0) is 4.74 Å². The van der Waals surface area contributed by atoms with Crippen LogP contribution < -0.4 is 0 Å². The lowest BCUT2D eigenvalue weighted by molar-refractivity contribution is 0.218. The molecule has 2 heterocycles. The molecule has 0 fully saturated rings. The highest BCUT2D eigenvalue weighted by Crippen LogP contribution is 2.38. The van der Waals surface area contributed by atoms with Gasteiger partial charge in [-0.15, -0.1) is 23.1 Å². The molecule has 120 valence electrons. The number of aromatic nitrogens is 2. The van der Waals surface area contributed by atoms with Crippen molar-refractivity contribution in [2.75, 3.05) is 19.5 Å². The van der Waals surface area contributed by atoms with E-state index in [1.807, 2.05) is 0 Å². The van der Waals surface area contributed by atoms with Gasteiger partial charge in [0.05, 0.1) is 12.0 Å². The number of hydrogen-bond donors (Lipinski definition) is 0. The van der Waals surface area contributed by atoms with Gasteiger partial charge in [-0.1, -0.05) is 38.1 Å². The van der Waals surface area contributed by atoms with Crippen molar-refractivity contribution < 1.29 is 4.74 Å². The van der Waals surface area contributed by atoms with Gasteiger partial charge >= 0.3 is 0 Å². The van der Waals surface area contributed by atoms with Crippen molar-refractivity contribution in [1.29, 1.82) is 0 Å². The number of fused-ring (bicyclic) bond motifs is 1. The Morgan fingerprint density at radius 2 is 1.96 bits per heavy atom. The Hall–Kier alpha value is -1.43. The SMILES string of the molecule is COCCSc1ncnc2scc(-c3ccc(C(C)C)cc3)c12. The lowest BCUT2D eigenvalue weighted by Gasteiger charge is -2.08. The third kappa shape index (κ3) is 3.57. The standard InChI is InChI=1S/C18H20N2OS2/c1-12(2)13-4-6-14(7-5-13)15-10-23-18-16(15)17(19-11-20-18)22-9-8-21-3/h4-7,10-12H,8-9H2,1-3H3. The third-order valence-corrected chi connectivity index (χ3v) is 5.59. The Morgan fingerprint density at radius 1 is 1.17 bits per heavy atom. The van der Waals surface area contributed by atoms with E-state index in [1.165, 1.54) is 16.7 Å². The second-order valence-corrected chi connectivity index (χ2v) is 7.57. The van der Waals surface area contributed by atoms with Gasteiger partial charge in [-0.3, -0.25) is 0 Å². The molecule has 5 heteroatoms. The average molecular weight is 345 g/mol. The second kappa shape index (κ2) is 7.43. The fourth-order valence-electron chi connectivity index (χ4n) is 2.44. The third-order valence-electron chi connectivity index (χ3n) is 3.75. The van der Waals surface area contributed by atoms with Crippen LogP contribution in [-0.4, -0.2) is 29.4 Å². The summed E-state index contributed by atoms with van der Waals surface area (Å²) >= 11 is 3.40. The molecule has 0 N–H and O–H groups in total. The molecule has 0 atom stereocenters. The molecule has 0 saturated carbocycles. The molecular weight excluding hydrogens is 324 g/mol. The summed E-state index contributed by atoms with van der Waals surface area (Å²) in [7, 11) is 1.72. The highest BCUT2D eigenvalue weighted by molar-refractivity contribution is 7.99. The zero-order chi connectivity index (χ0) is 16.2. The summed E-state index contributed by atoms with van der Waals surface area (Å²) in [4.78, 5) is 9.96. The molecular formula is C18H20N2OS2. The molecule has 0 spiro atoms. The molecule has 0 amide bonds. The summed E-state index contributed by atoms with van der Waals surface area (Å²) in [5, 5.41) is 4.39. The van der Waals surface area contributed by atoms with E-state index in [2.05, 4.69) is 53.5 Å². The molecule has 3 rings (SSSR count). The van der Waals surface area contributed by atoms with Crippen LogP contribution in [0.2, 0.25) is 0 Å². The maximum atomic E-state index is 5.15. The fourth-order valence-corrected chi connectivity index (χ4v) is 4.34. The van der Waals surface area contributed by atoms with Crippen LogP contribution >= 0.6 is 23.1 Å². The fraction of sp³-hybridized carbons (Fsp3) is 0.333. The van der Waals surface area contributed by atoms with Gasteiger partial charge in [-0.05, 0) is 17.0 Å². The smallest absolute Gasteiger partial charge is 0.128 e. The summed E-state index contributed by atoms with van der Waals surface area (Å²) in [5.41, 5.74) is 3.81. The minimum Gasteiger partial charge on any atom is -0.384 e. The highest BCUT2D eigenvalue weighted by atomic mass is 32.2. The maximum Gasteiger partial charge on any atom is 0.128 e. The number of rotatable bonds is 6. The highest BCUT2D eigenvalue weighted by Gasteiger charge is 2.13. The van der Waals surface area contributed by atoms with Gasteiger partial charge in [0.2, 0.25) is 0 Å². The van der Waals surface area contributed by atoms with E-state index in [-0.39, 0.29) is 0 Å². The van der Waals surface area contributed by atoms with Gasteiger partial charge in [0.25, 0.3) is 0 Å². The number of ether oxygens (including phenoxy) is 1. The van der Waals surface area contributed by atoms with Crippen molar-refractivity contribution in [3.63, 3.8) is 0 Å². The zero-order valence-electron chi connectivity index (χ0n) is 13.6. The van der Waals surface area contributed by atoms with Gasteiger partial charge in [0.15, 0.2) is 0 Å². The lowest BCUT2D eigenvalue weighted by atomic mass is 9.99. The van der Waals surface area contributed by atoms with Crippen LogP contribution in [0.4, 0.5) is 0 Å². The first-order valence-electron chi connectivity index (χ1n) is 7.65. The van der Waals surface area contributed by atoms with E-state index in [1.54, 1.807) is 36.5 Å². The number of nitrogens with zero attached hydrogens (tertiary/aromatic N) is 2. The first kappa shape index (κ1) is 16.4. The van der Waals surface area contributed by atoms with Crippen molar-refractivity contribution in [1.82, 2.24) is 9.97 Å².